The number of aryl methyl sites for hydroxylation is 3. The van der Waals surface area contributed by atoms with E-state index in [1.807, 2.05) is 62.5 Å². The van der Waals surface area contributed by atoms with Crippen LogP contribution in [0.5, 0.6) is 0 Å². The topological polar surface area (TPSA) is 76.2 Å². The van der Waals surface area contributed by atoms with Crippen molar-refractivity contribution < 1.29 is 9.32 Å². The van der Waals surface area contributed by atoms with E-state index in [1.54, 1.807) is 0 Å². The summed E-state index contributed by atoms with van der Waals surface area (Å²) >= 11 is 0. The molecule has 7 heteroatoms. The number of rotatable bonds is 7. The molecule has 0 aliphatic heterocycles. The molecule has 0 atom stereocenters. The first kappa shape index (κ1) is 19.7. The molecule has 0 aliphatic rings. The van der Waals surface area contributed by atoms with Crippen molar-refractivity contribution in [2.75, 3.05) is 18.5 Å². The van der Waals surface area contributed by atoms with Gasteiger partial charge in [0.25, 0.3) is 0 Å². The van der Waals surface area contributed by atoms with Crippen molar-refractivity contribution in [2.24, 2.45) is 0 Å². The minimum absolute atomic E-state index is 0.0582. The summed E-state index contributed by atoms with van der Waals surface area (Å²) in [6.07, 6.45) is 0. The standard InChI is InChI=1S/C21H27N5O2/c1-14-19(16(3)26(23-14)12-18-9-7-6-8-10-18)11-22-20(27)13-25(5)21-15(2)24-28-17(21)4/h6-10H,11-13H2,1-5H3,(H,22,27). The summed E-state index contributed by atoms with van der Waals surface area (Å²) in [5, 5.41) is 11.6. The zero-order valence-corrected chi connectivity index (χ0v) is 17.1. The molecule has 0 aliphatic carbocycles. The van der Waals surface area contributed by atoms with Gasteiger partial charge >= 0.3 is 0 Å². The van der Waals surface area contributed by atoms with Crippen molar-refractivity contribution >= 4 is 11.6 Å². The van der Waals surface area contributed by atoms with E-state index in [4.69, 9.17) is 4.52 Å². The van der Waals surface area contributed by atoms with Crippen LogP contribution >= 0.6 is 0 Å². The van der Waals surface area contributed by atoms with Gasteiger partial charge in [-0.05, 0) is 33.3 Å². The largest absolute Gasteiger partial charge is 0.361 e. The first-order valence-electron chi connectivity index (χ1n) is 9.34. The molecule has 1 aromatic carbocycles. The van der Waals surface area contributed by atoms with Crippen LogP contribution < -0.4 is 10.2 Å². The minimum Gasteiger partial charge on any atom is -0.361 e. The highest BCUT2D eigenvalue weighted by molar-refractivity contribution is 5.81. The van der Waals surface area contributed by atoms with Crippen molar-refractivity contribution in [1.29, 1.82) is 0 Å². The Morgan fingerprint density at radius 1 is 1.14 bits per heavy atom. The van der Waals surface area contributed by atoms with Crippen LogP contribution in [0.3, 0.4) is 0 Å². The van der Waals surface area contributed by atoms with Crippen LogP contribution in [0.15, 0.2) is 34.9 Å². The SMILES string of the molecule is Cc1nn(Cc2ccccc2)c(C)c1CNC(=O)CN(C)c1c(C)noc1C. The maximum atomic E-state index is 12.4. The van der Waals surface area contributed by atoms with Gasteiger partial charge in [0.05, 0.1) is 18.8 Å². The fourth-order valence-corrected chi connectivity index (χ4v) is 3.46. The maximum absolute atomic E-state index is 12.4. The fourth-order valence-electron chi connectivity index (χ4n) is 3.46. The van der Waals surface area contributed by atoms with E-state index in [-0.39, 0.29) is 12.5 Å². The number of benzene rings is 1. The first-order chi connectivity index (χ1) is 13.4. The zero-order valence-electron chi connectivity index (χ0n) is 17.1. The van der Waals surface area contributed by atoms with Crippen LogP contribution in [0.2, 0.25) is 0 Å². The molecule has 0 bridgehead atoms. The van der Waals surface area contributed by atoms with Gasteiger partial charge < -0.3 is 14.7 Å². The number of anilines is 1. The Morgan fingerprint density at radius 3 is 2.50 bits per heavy atom. The lowest BCUT2D eigenvalue weighted by atomic mass is 10.2. The molecule has 0 unspecified atom stereocenters. The summed E-state index contributed by atoms with van der Waals surface area (Å²) in [7, 11) is 1.86. The van der Waals surface area contributed by atoms with Crippen LogP contribution in [-0.2, 0) is 17.9 Å². The molecular formula is C21H27N5O2. The lowest BCUT2D eigenvalue weighted by Gasteiger charge is -2.18. The molecule has 0 radical (unpaired) electrons. The third-order valence-electron chi connectivity index (χ3n) is 4.93. The molecule has 2 heterocycles. The minimum atomic E-state index is -0.0582. The van der Waals surface area contributed by atoms with E-state index in [0.29, 0.717) is 12.3 Å². The average Bonchev–Trinajstić information content (AvgIpc) is 3.12. The molecule has 7 nitrogen and oxygen atoms in total. The Kier molecular flexibility index (Phi) is 5.82. The summed E-state index contributed by atoms with van der Waals surface area (Å²) in [4.78, 5) is 14.3. The molecular weight excluding hydrogens is 354 g/mol. The van der Waals surface area contributed by atoms with Crippen molar-refractivity contribution in [3.05, 3.63) is 64.3 Å². The van der Waals surface area contributed by atoms with Crippen LogP contribution in [0.4, 0.5) is 5.69 Å². The van der Waals surface area contributed by atoms with Gasteiger partial charge in [0.15, 0.2) is 5.76 Å². The average molecular weight is 381 g/mol. The third-order valence-corrected chi connectivity index (χ3v) is 4.93. The highest BCUT2D eigenvalue weighted by Gasteiger charge is 2.17. The Morgan fingerprint density at radius 2 is 1.86 bits per heavy atom. The lowest BCUT2D eigenvalue weighted by molar-refractivity contribution is -0.119. The van der Waals surface area contributed by atoms with Gasteiger partial charge in [-0.1, -0.05) is 35.5 Å². The number of hydrogen-bond acceptors (Lipinski definition) is 5. The highest BCUT2D eigenvalue weighted by atomic mass is 16.5. The number of carbonyl (C=O) groups excluding carboxylic acids is 1. The van der Waals surface area contributed by atoms with Crippen LogP contribution in [0, 0.1) is 27.7 Å². The Balaban J connectivity index is 1.62. The van der Waals surface area contributed by atoms with Gasteiger partial charge in [-0.15, -0.1) is 0 Å². The summed E-state index contributed by atoms with van der Waals surface area (Å²) < 4.78 is 7.16. The summed E-state index contributed by atoms with van der Waals surface area (Å²) in [5.41, 5.74) is 5.91. The number of nitrogens with zero attached hydrogens (tertiary/aromatic N) is 4. The van der Waals surface area contributed by atoms with E-state index in [9.17, 15) is 4.79 Å². The molecule has 28 heavy (non-hydrogen) atoms. The monoisotopic (exact) mass is 381 g/mol. The van der Waals surface area contributed by atoms with E-state index < -0.39 is 0 Å². The lowest BCUT2D eigenvalue weighted by Crippen LogP contribution is -2.35. The molecule has 1 N–H and O–H groups in total. The van der Waals surface area contributed by atoms with Gasteiger partial charge in [0.2, 0.25) is 5.91 Å². The van der Waals surface area contributed by atoms with Gasteiger partial charge in [-0.2, -0.15) is 5.10 Å². The predicted molar refractivity (Wildman–Crippen MR) is 108 cm³/mol. The Hall–Kier alpha value is -3.09. The van der Waals surface area contributed by atoms with Crippen LogP contribution in [-0.4, -0.2) is 34.4 Å². The molecule has 148 valence electrons. The quantitative estimate of drug-likeness (QED) is 0.681. The van der Waals surface area contributed by atoms with Crippen LogP contribution in [0.25, 0.3) is 0 Å². The van der Waals surface area contributed by atoms with Gasteiger partial charge in [0.1, 0.15) is 11.4 Å². The molecule has 0 spiro atoms. The Bertz CT molecular complexity index is 939. The van der Waals surface area contributed by atoms with Gasteiger partial charge in [0, 0.05) is 24.8 Å². The summed E-state index contributed by atoms with van der Waals surface area (Å²) in [5.74, 6) is 0.652. The number of nitrogens with one attached hydrogen (secondary N) is 1. The molecule has 0 saturated heterocycles. The van der Waals surface area contributed by atoms with Gasteiger partial charge in [-0.25, -0.2) is 0 Å². The number of aromatic nitrogens is 3. The second kappa shape index (κ2) is 8.29. The van der Waals surface area contributed by atoms with Crippen molar-refractivity contribution in [3.63, 3.8) is 0 Å². The molecule has 0 fully saturated rings. The molecule has 2 aromatic heterocycles. The van der Waals surface area contributed by atoms with Crippen LogP contribution in [0.1, 0.15) is 34.0 Å². The molecule has 1 amide bonds. The molecule has 0 saturated carbocycles. The van der Waals surface area contributed by atoms with E-state index in [1.165, 1.54) is 5.56 Å². The second-order valence-corrected chi connectivity index (χ2v) is 7.10. The Labute approximate surface area is 165 Å². The number of likely N-dealkylation sites (N-methyl/N-ethyl adjacent to an activating group) is 1. The first-order valence-corrected chi connectivity index (χ1v) is 9.34. The van der Waals surface area contributed by atoms with E-state index >= 15 is 0 Å². The third kappa shape index (κ3) is 4.24. The smallest absolute Gasteiger partial charge is 0.239 e. The highest BCUT2D eigenvalue weighted by Crippen LogP contribution is 2.22. The van der Waals surface area contributed by atoms with E-state index in [2.05, 4.69) is 27.7 Å². The number of hydrogen-bond donors (Lipinski definition) is 1. The maximum Gasteiger partial charge on any atom is 0.239 e. The zero-order chi connectivity index (χ0) is 20.3. The second-order valence-electron chi connectivity index (χ2n) is 7.10. The van der Waals surface area contributed by atoms with Gasteiger partial charge in [-0.3, -0.25) is 9.48 Å². The number of amides is 1. The van der Waals surface area contributed by atoms with Crippen molar-refractivity contribution in [2.45, 2.75) is 40.8 Å². The van der Waals surface area contributed by atoms with E-state index in [0.717, 1.165) is 34.9 Å². The molecule has 3 rings (SSSR count). The number of carbonyl (C=O) groups is 1. The predicted octanol–water partition coefficient (Wildman–Crippen LogP) is 2.91. The van der Waals surface area contributed by atoms with Crippen molar-refractivity contribution in [3.8, 4) is 0 Å². The van der Waals surface area contributed by atoms with Crippen molar-refractivity contribution in [1.82, 2.24) is 20.3 Å². The normalized spacial score (nSPS) is 10.9. The summed E-state index contributed by atoms with van der Waals surface area (Å²) in [6.45, 7) is 9.15. The molecule has 3 aromatic rings. The summed E-state index contributed by atoms with van der Waals surface area (Å²) in [6, 6.07) is 10.2. The fraction of sp³-hybridized carbons (Fsp3) is 0.381.